The van der Waals surface area contributed by atoms with Gasteiger partial charge in [0.05, 0.1) is 55.0 Å². The zero-order chi connectivity index (χ0) is 39.7. The van der Waals surface area contributed by atoms with Crippen molar-refractivity contribution in [1.29, 1.82) is 0 Å². The van der Waals surface area contributed by atoms with Gasteiger partial charge in [0.15, 0.2) is 0 Å². The third-order valence-electron chi connectivity index (χ3n) is 10.6. The molecule has 2 unspecified atom stereocenters. The number of ether oxygens (including phenoxy) is 2. The Bertz CT molecular complexity index is 2170. The van der Waals surface area contributed by atoms with Crippen molar-refractivity contribution in [3.05, 3.63) is 60.4 Å². The number of aromatic amines is 2. The van der Waals surface area contributed by atoms with Crippen LogP contribution in [0.2, 0.25) is 0 Å². The fraction of sp³-hybridized carbons (Fsp3) is 0.450. The second-order valence-electron chi connectivity index (χ2n) is 15.0. The number of thiophene rings is 2. The predicted molar refractivity (Wildman–Crippen MR) is 216 cm³/mol. The number of nitrogens with zero attached hydrogens (tertiary/aromatic N) is 4. The molecular formula is C40H48N8O6S2. The van der Waals surface area contributed by atoms with E-state index < -0.39 is 24.3 Å². The van der Waals surface area contributed by atoms with E-state index in [9.17, 15) is 19.2 Å². The standard InChI is InChI=1S/C40H48N8O6S2/c1-21(2)33(45-39(51)53-5)37(49)47-15-7-9-27(47)35-41-19-25(43-35)23-11-13-24(14-12-23)29-17-31-32(55-29)18-30(56-31)26-20-42-36(44-26)28-10-8-16-48(28)38(50)34(22(3)4)46-40(52)54-6/h11-14,17-22,27-28,33-34H,7-10,15-16H2,1-6H3,(H,41,43)(H,42,44)(H,45,51)(H,46,52)/t27-,28-,33?,34?/m0/s1. The minimum atomic E-state index is -0.683. The second kappa shape index (κ2) is 16.5. The summed E-state index contributed by atoms with van der Waals surface area (Å²) in [5.74, 6) is 1.01. The second-order valence-corrected chi connectivity index (χ2v) is 17.2. The van der Waals surface area contributed by atoms with Crippen LogP contribution in [0.4, 0.5) is 9.59 Å². The SMILES string of the molecule is COC(=O)NC(C(=O)N1CCC[C@H]1c1ncc(-c2ccc(-c3cc4sc(-c5cnc([C@@H]6CCCN6C(=O)C(NC(=O)OC)C(C)C)[nH]5)cc4s3)cc2)[nH]1)C(C)C. The zero-order valence-electron chi connectivity index (χ0n) is 32.4. The summed E-state index contributed by atoms with van der Waals surface area (Å²) in [6.45, 7) is 8.82. The lowest BCUT2D eigenvalue weighted by Gasteiger charge is -2.30. The number of imidazole rings is 2. The van der Waals surface area contributed by atoms with Crippen LogP contribution in [0.15, 0.2) is 48.8 Å². The van der Waals surface area contributed by atoms with Crippen molar-refractivity contribution < 1.29 is 28.7 Å². The minimum Gasteiger partial charge on any atom is -0.453 e. The fourth-order valence-corrected chi connectivity index (χ4v) is 9.96. The topological polar surface area (TPSA) is 175 Å². The van der Waals surface area contributed by atoms with Gasteiger partial charge in [0.1, 0.15) is 23.7 Å². The van der Waals surface area contributed by atoms with Crippen molar-refractivity contribution in [2.24, 2.45) is 11.8 Å². The number of amides is 4. The highest BCUT2D eigenvalue weighted by molar-refractivity contribution is 7.31. The highest BCUT2D eigenvalue weighted by Crippen LogP contribution is 2.42. The molecule has 0 spiro atoms. The van der Waals surface area contributed by atoms with Crippen LogP contribution in [-0.4, -0.2) is 93.1 Å². The first kappa shape index (κ1) is 39.0. The van der Waals surface area contributed by atoms with Gasteiger partial charge < -0.3 is 39.9 Å². The summed E-state index contributed by atoms with van der Waals surface area (Å²) in [6, 6.07) is 11.0. The molecular weight excluding hydrogens is 753 g/mol. The van der Waals surface area contributed by atoms with Gasteiger partial charge in [-0.15, -0.1) is 22.7 Å². The zero-order valence-corrected chi connectivity index (χ0v) is 34.0. The number of hydrogen-bond acceptors (Lipinski definition) is 10. The Balaban J connectivity index is 1.02. The van der Waals surface area contributed by atoms with Crippen LogP contribution in [0.5, 0.6) is 0 Å². The summed E-state index contributed by atoms with van der Waals surface area (Å²) in [4.78, 5) is 73.2. The smallest absolute Gasteiger partial charge is 0.407 e. The van der Waals surface area contributed by atoms with E-state index in [1.165, 1.54) is 28.5 Å². The van der Waals surface area contributed by atoms with Crippen molar-refractivity contribution in [3.8, 4) is 32.3 Å². The Morgan fingerprint density at radius 3 is 1.64 bits per heavy atom. The number of H-pyrrole nitrogens is 2. The number of methoxy groups -OCH3 is 2. The number of nitrogens with one attached hydrogen (secondary N) is 4. The molecule has 0 radical (unpaired) electrons. The van der Waals surface area contributed by atoms with Gasteiger partial charge in [0, 0.05) is 27.4 Å². The molecule has 4 atom stereocenters. The van der Waals surface area contributed by atoms with Gasteiger partial charge in [-0.25, -0.2) is 19.6 Å². The van der Waals surface area contributed by atoms with E-state index in [2.05, 4.69) is 62.0 Å². The summed E-state index contributed by atoms with van der Waals surface area (Å²) >= 11 is 3.44. The number of alkyl carbamates (subject to hydrolysis) is 2. The first-order valence-electron chi connectivity index (χ1n) is 19.0. The molecule has 14 nitrogen and oxygen atoms in total. The van der Waals surface area contributed by atoms with E-state index in [0.717, 1.165) is 64.7 Å². The largest absolute Gasteiger partial charge is 0.453 e. The molecule has 2 aliphatic heterocycles. The van der Waals surface area contributed by atoms with Crippen molar-refractivity contribution in [2.45, 2.75) is 77.5 Å². The molecule has 56 heavy (non-hydrogen) atoms. The molecule has 2 fully saturated rings. The Kier molecular flexibility index (Phi) is 11.5. The normalized spacial score (nSPS) is 18.1. The van der Waals surface area contributed by atoms with E-state index in [1.807, 2.05) is 49.9 Å². The highest BCUT2D eigenvalue weighted by atomic mass is 32.1. The van der Waals surface area contributed by atoms with Crippen LogP contribution >= 0.6 is 22.7 Å². The molecule has 0 saturated carbocycles. The number of aromatic nitrogens is 4. The van der Waals surface area contributed by atoms with Crippen LogP contribution in [0.1, 0.15) is 77.1 Å². The molecule has 4 N–H and O–H groups in total. The Morgan fingerprint density at radius 1 is 0.696 bits per heavy atom. The van der Waals surface area contributed by atoms with Gasteiger partial charge >= 0.3 is 12.2 Å². The number of benzene rings is 1. The quantitative estimate of drug-likeness (QED) is 0.106. The average Bonchev–Trinajstić information content (AvgIpc) is 4.04. The molecule has 4 amide bonds. The molecule has 6 heterocycles. The molecule has 2 aliphatic rings. The molecule has 1 aromatic carbocycles. The first-order valence-corrected chi connectivity index (χ1v) is 20.6. The van der Waals surface area contributed by atoms with Crippen LogP contribution in [0, 0.1) is 11.8 Å². The molecule has 0 bridgehead atoms. The van der Waals surface area contributed by atoms with E-state index in [4.69, 9.17) is 14.5 Å². The summed E-state index contributed by atoms with van der Waals surface area (Å²) < 4.78 is 11.9. The number of likely N-dealkylation sites (tertiary alicyclic amines) is 2. The average molecular weight is 801 g/mol. The van der Waals surface area contributed by atoms with E-state index >= 15 is 0 Å². The van der Waals surface area contributed by atoms with Gasteiger partial charge in [-0.1, -0.05) is 52.0 Å². The van der Waals surface area contributed by atoms with Crippen molar-refractivity contribution >= 4 is 56.1 Å². The number of rotatable bonds is 11. The molecule has 7 rings (SSSR count). The van der Waals surface area contributed by atoms with Gasteiger partial charge in [0.2, 0.25) is 11.8 Å². The number of carbonyl (C=O) groups is 4. The molecule has 4 aromatic heterocycles. The maximum absolute atomic E-state index is 13.6. The third-order valence-corrected chi connectivity index (χ3v) is 13.0. The van der Waals surface area contributed by atoms with Gasteiger partial charge in [-0.3, -0.25) is 9.59 Å². The van der Waals surface area contributed by atoms with Crippen LogP contribution in [-0.2, 0) is 19.1 Å². The lowest BCUT2D eigenvalue weighted by atomic mass is 10.0. The van der Waals surface area contributed by atoms with E-state index in [0.29, 0.717) is 13.1 Å². The molecule has 2 saturated heterocycles. The lowest BCUT2D eigenvalue weighted by Crippen LogP contribution is -2.51. The molecule has 296 valence electrons. The first-order chi connectivity index (χ1) is 26.9. The highest BCUT2D eigenvalue weighted by Gasteiger charge is 2.39. The van der Waals surface area contributed by atoms with Gasteiger partial charge in [0.25, 0.3) is 0 Å². The van der Waals surface area contributed by atoms with Crippen molar-refractivity contribution in [2.75, 3.05) is 27.3 Å². The Morgan fingerprint density at radius 2 is 1.14 bits per heavy atom. The van der Waals surface area contributed by atoms with Crippen LogP contribution in [0.3, 0.4) is 0 Å². The maximum atomic E-state index is 13.6. The Hall–Kier alpha value is -5.22. The van der Waals surface area contributed by atoms with Gasteiger partial charge in [-0.2, -0.15) is 0 Å². The fourth-order valence-electron chi connectivity index (χ4n) is 7.59. The van der Waals surface area contributed by atoms with E-state index in [1.54, 1.807) is 22.7 Å². The minimum absolute atomic E-state index is 0.0990. The third kappa shape index (κ3) is 7.89. The summed E-state index contributed by atoms with van der Waals surface area (Å²) in [6.07, 6.45) is 5.70. The van der Waals surface area contributed by atoms with E-state index in [-0.39, 0.29) is 35.7 Å². The summed E-state index contributed by atoms with van der Waals surface area (Å²) in [5.41, 5.74) is 3.89. The molecule has 0 aliphatic carbocycles. The molecule has 5 aromatic rings. The maximum Gasteiger partial charge on any atom is 0.407 e. The van der Waals surface area contributed by atoms with Crippen molar-refractivity contribution in [1.82, 2.24) is 40.4 Å². The predicted octanol–water partition coefficient (Wildman–Crippen LogP) is 7.50. The van der Waals surface area contributed by atoms with Crippen molar-refractivity contribution in [3.63, 3.8) is 0 Å². The van der Waals surface area contributed by atoms with Crippen LogP contribution < -0.4 is 10.6 Å². The van der Waals surface area contributed by atoms with Gasteiger partial charge in [-0.05, 0) is 60.8 Å². The summed E-state index contributed by atoms with van der Waals surface area (Å²) in [7, 11) is 2.59. The Labute approximate surface area is 333 Å². The number of hydrogen-bond donors (Lipinski definition) is 4. The monoisotopic (exact) mass is 800 g/mol. The van der Waals surface area contributed by atoms with Crippen LogP contribution in [0.25, 0.3) is 41.7 Å². The number of carbonyl (C=O) groups excluding carboxylic acids is 4. The lowest BCUT2D eigenvalue weighted by molar-refractivity contribution is -0.136. The molecule has 16 heteroatoms. The number of fused-ring (bicyclic) bond motifs is 1. The summed E-state index contributed by atoms with van der Waals surface area (Å²) in [5, 5.41) is 5.40.